The van der Waals surface area contributed by atoms with E-state index in [1.807, 2.05) is 27.3 Å². The van der Waals surface area contributed by atoms with Crippen molar-refractivity contribution in [2.45, 2.75) is 27.3 Å². The van der Waals surface area contributed by atoms with E-state index in [0.717, 1.165) is 26.3 Å². The highest BCUT2D eigenvalue weighted by molar-refractivity contribution is 6.59. The summed E-state index contributed by atoms with van der Waals surface area (Å²) in [7, 11) is -2.25. The molecule has 6 heteroatoms. The minimum absolute atomic E-state index is 0.655. The van der Waals surface area contributed by atoms with Crippen LogP contribution in [-0.4, -0.2) is 54.9 Å². The van der Waals surface area contributed by atoms with Gasteiger partial charge >= 0.3 is 8.80 Å². The number of rotatable bonds is 6. The standard InChI is InChI=1S/C7H18O3Si.C4H9NO/c1-5-8-11(4,9-6-2)10-7-3;1-3-6-4-2-5-1/h5-7H2,1-4H3;5H,1-4H2. The Morgan fingerprint density at radius 1 is 0.941 bits per heavy atom. The molecule has 17 heavy (non-hydrogen) atoms. The second-order valence-corrected chi connectivity index (χ2v) is 6.11. The van der Waals surface area contributed by atoms with Gasteiger partial charge in [-0.15, -0.1) is 0 Å². The second-order valence-electron chi connectivity index (χ2n) is 3.52. The number of ether oxygens (including phenoxy) is 1. The molecule has 0 bridgehead atoms. The molecule has 0 spiro atoms. The number of nitrogens with one attached hydrogen (secondary N) is 1. The largest absolute Gasteiger partial charge is 0.497 e. The molecule has 1 saturated heterocycles. The molecule has 0 atom stereocenters. The molecule has 0 saturated carbocycles. The van der Waals surface area contributed by atoms with Gasteiger partial charge in [0.1, 0.15) is 0 Å². The lowest BCUT2D eigenvalue weighted by molar-refractivity contribution is 0.0783. The summed E-state index contributed by atoms with van der Waals surface area (Å²) >= 11 is 0. The summed E-state index contributed by atoms with van der Waals surface area (Å²) in [6.07, 6.45) is 0. The Bertz CT molecular complexity index is 139. The molecular formula is C11H27NO4Si. The Balaban J connectivity index is 0.000000354. The van der Waals surface area contributed by atoms with Gasteiger partial charge in [0.15, 0.2) is 0 Å². The third-order valence-corrected chi connectivity index (χ3v) is 4.51. The van der Waals surface area contributed by atoms with Gasteiger partial charge in [0.2, 0.25) is 0 Å². The zero-order valence-corrected chi connectivity index (χ0v) is 12.6. The van der Waals surface area contributed by atoms with Gasteiger partial charge < -0.3 is 23.3 Å². The highest BCUT2D eigenvalue weighted by atomic mass is 28.4. The molecule has 5 nitrogen and oxygen atoms in total. The zero-order valence-electron chi connectivity index (χ0n) is 11.6. The average molecular weight is 265 g/mol. The SMILES string of the molecule is C1COCCN1.CCO[Si](C)(OCC)OCC. The van der Waals surface area contributed by atoms with Gasteiger partial charge in [-0.05, 0) is 20.8 Å². The number of hydrogen-bond acceptors (Lipinski definition) is 5. The number of morpholine rings is 1. The fraction of sp³-hybridized carbons (Fsp3) is 1.00. The minimum atomic E-state index is -2.25. The van der Waals surface area contributed by atoms with E-state index in [1.165, 1.54) is 0 Å². The Morgan fingerprint density at radius 2 is 1.35 bits per heavy atom. The fourth-order valence-corrected chi connectivity index (χ4v) is 3.25. The van der Waals surface area contributed by atoms with Crippen molar-refractivity contribution in [3.8, 4) is 0 Å². The van der Waals surface area contributed by atoms with Gasteiger partial charge in [0.05, 0.1) is 13.2 Å². The molecule has 1 heterocycles. The summed E-state index contributed by atoms with van der Waals surface area (Å²) in [6.45, 7) is 13.6. The van der Waals surface area contributed by atoms with E-state index < -0.39 is 8.80 Å². The zero-order chi connectivity index (χ0) is 13.0. The fourth-order valence-electron chi connectivity index (χ4n) is 1.43. The van der Waals surface area contributed by atoms with Crippen molar-refractivity contribution < 1.29 is 18.0 Å². The summed E-state index contributed by atoms with van der Waals surface area (Å²) in [5, 5.41) is 3.16. The molecule has 1 N–H and O–H groups in total. The van der Waals surface area contributed by atoms with Crippen LogP contribution in [0.2, 0.25) is 6.55 Å². The molecule has 0 aliphatic carbocycles. The Hall–Kier alpha value is 0.0169. The maximum atomic E-state index is 5.40. The lowest BCUT2D eigenvalue weighted by Gasteiger charge is -2.23. The highest BCUT2D eigenvalue weighted by Crippen LogP contribution is 2.08. The van der Waals surface area contributed by atoms with Crippen LogP contribution in [0.25, 0.3) is 0 Å². The van der Waals surface area contributed by atoms with Crippen LogP contribution in [0.1, 0.15) is 20.8 Å². The van der Waals surface area contributed by atoms with E-state index in [-0.39, 0.29) is 0 Å². The molecule has 1 aliphatic rings. The van der Waals surface area contributed by atoms with Crippen molar-refractivity contribution in [1.82, 2.24) is 5.32 Å². The molecular weight excluding hydrogens is 238 g/mol. The summed E-state index contributed by atoms with van der Waals surface area (Å²) in [6, 6.07) is 0. The Kier molecular flexibility index (Phi) is 11.1. The molecule has 0 aromatic carbocycles. The van der Waals surface area contributed by atoms with Gasteiger partial charge in [-0.1, -0.05) is 0 Å². The van der Waals surface area contributed by atoms with Gasteiger partial charge in [-0.2, -0.15) is 0 Å². The van der Waals surface area contributed by atoms with Crippen molar-refractivity contribution in [2.75, 3.05) is 46.1 Å². The quantitative estimate of drug-likeness (QED) is 0.733. The second kappa shape index (κ2) is 11.1. The van der Waals surface area contributed by atoms with Crippen LogP contribution < -0.4 is 5.32 Å². The first kappa shape index (κ1) is 17.0. The predicted octanol–water partition coefficient (Wildman–Crippen LogP) is 1.27. The molecule has 0 radical (unpaired) electrons. The van der Waals surface area contributed by atoms with E-state index in [4.69, 9.17) is 18.0 Å². The van der Waals surface area contributed by atoms with Gasteiger partial charge in [0.25, 0.3) is 0 Å². The van der Waals surface area contributed by atoms with Crippen molar-refractivity contribution >= 4 is 8.80 Å². The Morgan fingerprint density at radius 3 is 1.53 bits per heavy atom. The maximum absolute atomic E-state index is 5.40. The first-order valence-corrected chi connectivity index (χ1v) is 8.61. The van der Waals surface area contributed by atoms with Crippen molar-refractivity contribution in [2.24, 2.45) is 0 Å². The molecule has 1 rings (SSSR count). The topological polar surface area (TPSA) is 49.0 Å². The lowest BCUT2D eigenvalue weighted by Crippen LogP contribution is -2.42. The lowest BCUT2D eigenvalue weighted by atomic mass is 10.5. The maximum Gasteiger partial charge on any atom is 0.497 e. The molecule has 0 aromatic rings. The van der Waals surface area contributed by atoms with Crippen LogP contribution in [0, 0.1) is 0 Å². The third kappa shape index (κ3) is 9.69. The van der Waals surface area contributed by atoms with Gasteiger partial charge in [-0.25, -0.2) is 0 Å². The number of hydrogen-bond donors (Lipinski definition) is 1. The van der Waals surface area contributed by atoms with Gasteiger partial charge in [0, 0.05) is 39.5 Å². The van der Waals surface area contributed by atoms with Crippen LogP contribution in [-0.2, 0) is 18.0 Å². The normalized spacial score (nSPS) is 16.2. The minimum Gasteiger partial charge on any atom is -0.379 e. The highest BCUT2D eigenvalue weighted by Gasteiger charge is 2.32. The van der Waals surface area contributed by atoms with E-state index in [0.29, 0.717) is 19.8 Å². The molecule has 0 amide bonds. The van der Waals surface area contributed by atoms with E-state index in [9.17, 15) is 0 Å². The molecule has 0 aromatic heterocycles. The molecule has 1 fully saturated rings. The van der Waals surface area contributed by atoms with Crippen molar-refractivity contribution in [3.05, 3.63) is 0 Å². The smallest absolute Gasteiger partial charge is 0.379 e. The summed E-state index contributed by atoms with van der Waals surface area (Å²) in [5.74, 6) is 0. The molecule has 1 aliphatic heterocycles. The van der Waals surface area contributed by atoms with Crippen LogP contribution in [0.4, 0.5) is 0 Å². The summed E-state index contributed by atoms with van der Waals surface area (Å²) < 4.78 is 21.2. The van der Waals surface area contributed by atoms with Crippen molar-refractivity contribution in [3.63, 3.8) is 0 Å². The monoisotopic (exact) mass is 265 g/mol. The Labute approximate surface area is 106 Å². The predicted molar refractivity (Wildman–Crippen MR) is 70.2 cm³/mol. The average Bonchev–Trinajstić information content (AvgIpc) is 2.33. The van der Waals surface area contributed by atoms with Crippen molar-refractivity contribution in [1.29, 1.82) is 0 Å². The van der Waals surface area contributed by atoms with Gasteiger partial charge in [-0.3, -0.25) is 0 Å². The molecule has 0 unspecified atom stereocenters. The van der Waals surface area contributed by atoms with Crippen LogP contribution in [0.5, 0.6) is 0 Å². The third-order valence-electron chi connectivity index (χ3n) is 2.07. The molecule has 104 valence electrons. The summed E-state index contributed by atoms with van der Waals surface area (Å²) in [5.41, 5.74) is 0. The summed E-state index contributed by atoms with van der Waals surface area (Å²) in [4.78, 5) is 0. The van der Waals surface area contributed by atoms with Crippen LogP contribution in [0.15, 0.2) is 0 Å². The first-order chi connectivity index (χ1) is 8.18. The van der Waals surface area contributed by atoms with Crippen LogP contribution >= 0.6 is 0 Å². The van der Waals surface area contributed by atoms with E-state index in [1.54, 1.807) is 0 Å². The van der Waals surface area contributed by atoms with Crippen LogP contribution in [0.3, 0.4) is 0 Å². The first-order valence-electron chi connectivity index (χ1n) is 6.38. The van der Waals surface area contributed by atoms with E-state index in [2.05, 4.69) is 5.32 Å². The van der Waals surface area contributed by atoms with E-state index >= 15 is 0 Å².